The summed E-state index contributed by atoms with van der Waals surface area (Å²) in [5, 5.41) is 11.3. The number of carboxylic acids is 1. The van der Waals surface area contributed by atoms with E-state index in [1.54, 1.807) is 0 Å². The summed E-state index contributed by atoms with van der Waals surface area (Å²) in [7, 11) is 0. The molecule has 0 spiro atoms. The highest BCUT2D eigenvalue weighted by atomic mass is 16.4. The molecular weight excluding hydrogens is 206 g/mol. The summed E-state index contributed by atoms with van der Waals surface area (Å²) >= 11 is 0. The molecule has 0 bridgehead atoms. The Labute approximate surface area is 94.3 Å². The third-order valence-corrected chi connectivity index (χ3v) is 2.22. The molecule has 0 radical (unpaired) electrons. The minimum Gasteiger partial charge on any atom is -0.480 e. The normalized spacial score (nSPS) is 12.1. The summed E-state index contributed by atoms with van der Waals surface area (Å²) in [6.07, 6.45) is 0.334. The molecule has 0 aliphatic rings. The van der Waals surface area contributed by atoms with Crippen LogP contribution >= 0.6 is 0 Å². The number of rotatable bonds is 6. The van der Waals surface area contributed by atoms with Crippen LogP contribution in [-0.4, -0.2) is 29.4 Å². The van der Waals surface area contributed by atoms with Crippen LogP contribution in [0.4, 0.5) is 0 Å². The minimum atomic E-state index is -0.951. The Morgan fingerprint density at radius 2 is 1.94 bits per heavy atom. The molecule has 0 fully saturated rings. The SMILES string of the molecule is CC(NCC(=O)Cc1ccccc1)C(=O)O. The first-order valence-electron chi connectivity index (χ1n) is 5.11. The van der Waals surface area contributed by atoms with Crippen LogP contribution in [-0.2, 0) is 16.0 Å². The second-order valence-corrected chi connectivity index (χ2v) is 3.64. The fraction of sp³-hybridized carbons (Fsp3) is 0.333. The smallest absolute Gasteiger partial charge is 0.320 e. The van der Waals surface area contributed by atoms with Gasteiger partial charge in [0.05, 0.1) is 6.54 Å². The highest BCUT2D eigenvalue weighted by Crippen LogP contribution is 1.99. The lowest BCUT2D eigenvalue weighted by Gasteiger charge is -2.07. The van der Waals surface area contributed by atoms with Gasteiger partial charge in [-0.2, -0.15) is 0 Å². The molecule has 2 N–H and O–H groups in total. The number of carbonyl (C=O) groups excluding carboxylic acids is 1. The highest BCUT2D eigenvalue weighted by molar-refractivity contribution is 5.83. The Hall–Kier alpha value is -1.68. The van der Waals surface area contributed by atoms with E-state index in [0.717, 1.165) is 5.56 Å². The van der Waals surface area contributed by atoms with Crippen LogP contribution in [0.3, 0.4) is 0 Å². The van der Waals surface area contributed by atoms with Crippen molar-refractivity contribution in [3.05, 3.63) is 35.9 Å². The van der Waals surface area contributed by atoms with Gasteiger partial charge >= 0.3 is 5.97 Å². The average molecular weight is 221 g/mol. The van der Waals surface area contributed by atoms with Gasteiger partial charge < -0.3 is 5.11 Å². The van der Waals surface area contributed by atoms with E-state index in [4.69, 9.17) is 5.11 Å². The van der Waals surface area contributed by atoms with Crippen LogP contribution in [0.5, 0.6) is 0 Å². The third-order valence-electron chi connectivity index (χ3n) is 2.22. The van der Waals surface area contributed by atoms with E-state index < -0.39 is 12.0 Å². The molecule has 86 valence electrons. The van der Waals surface area contributed by atoms with E-state index in [0.29, 0.717) is 6.42 Å². The molecule has 1 atom stereocenters. The van der Waals surface area contributed by atoms with Crippen molar-refractivity contribution >= 4 is 11.8 Å². The summed E-state index contributed by atoms with van der Waals surface area (Å²) < 4.78 is 0. The highest BCUT2D eigenvalue weighted by Gasteiger charge is 2.11. The van der Waals surface area contributed by atoms with Gasteiger partial charge in [-0.1, -0.05) is 30.3 Å². The Morgan fingerprint density at radius 3 is 2.50 bits per heavy atom. The number of benzene rings is 1. The first kappa shape index (κ1) is 12.4. The lowest BCUT2D eigenvalue weighted by Crippen LogP contribution is -2.37. The van der Waals surface area contributed by atoms with Crippen LogP contribution < -0.4 is 5.32 Å². The molecule has 4 heteroatoms. The molecule has 0 amide bonds. The maximum absolute atomic E-state index is 11.5. The quantitative estimate of drug-likeness (QED) is 0.747. The maximum atomic E-state index is 11.5. The summed E-state index contributed by atoms with van der Waals surface area (Å²) in [6.45, 7) is 1.60. The number of hydrogen-bond donors (Lipinski definition) is 2. The molecule has 1 aromatic carbocycles. The van der Waals surface area contributed by atoms with Crippen molar-refractivity contribution < 1.29 is 14.7 Å². The molecule has 0 aliphatic carbocycles. The third kappa shape index (κ3) is 4.23. The first-order valence-corrected chi connectivity index (χ1v) is 5.11. The molecule has 0 aromatic heterocycles. The molecule has 1 unspecified atom stereocenters. The Bertz CT molecular complexity index is 362. The zero-order valence-electron chi connectivity index (χ0n) is 9.14. The van der Waals surface area contributed by atoms with Gasteiger partial charge in [-0.15, -0.1) is 0 Å². The van der Waals surface area contributed by atoms with Crippen molar-refractivity contribution in [2.75, 3.05) is 6.54 Å². The van der Waals surface area contributed by atoms with Gasteiger partial charge in [-0.05, 0) is 12.5 Å². The predicted molar refractivity (Wildman–Crippen MR) is 60.3 cm³/mol. The van der Waals surface area contributed by atoms with Crippen LogP contribution in [0.2, 0.25) is 0 Å². The predicted octanol–water partition coefficient (Wildman–Crippen LogP) is 0.861. The van der Waals surface area contributed by atoms with Crippen LogP contribution in [0.15, 0.2) is 30.3 Å². The van der Waals surface area contributed by atoms with Crippen molar-refractivity contribution in [3.63, 3.8) is 0 Å². The monoisotopic (exact) mass is 221 g/mol. The number of hydrogen-bond acceptors (Lipinski definition) is 3. The average Bonchev–Trinajstić information content (AvgIpc) is 2.27. The topological polar surface area (TPSA) is 66.4 Å². The molecule has 1 rings (SSSR count). The number of nitrogens with one attached hydrogen (secondary N) is 1. The lowest BCUT2D eigenvalue weighted by atomic mass is 10.1. The van der Waals surface area contributed by atoms with Gasteiger partial charge in [-0.25, -0.2) is 0 Å². The van der Waals surface area contributed by atoms with Crippen molar-refractivity contribution in [1.29, 1.82) is 0 Å². The largest absolute Gasteiger partial charge is 0.480 e. The van der Waals surface area contributed by atoms with Gasteiger partial charge in [-0.3, -0.25) is 14.9 Å². The first-order chi connectivity index (χ1) is 7.59. The number of carboxylic acid groups (broad SMARTS) is 1. The number of ketones is 1. The maximum Gasteiger partial charge on any atom is 0.320 e. The Morgan fingerprint density at radius 1 is 1.31 bits per heavy atom. The molecule has 0 saturated heterocycles. The zero-order chi connectivity index (χ0) is 12.0. The number of aliphatic carboxylic acids is 1. The second-order valence-electron chi connectivity index (χ2n) is 3.64. The number of Topliss-reactive ketones (excluding diaryl/α,β-unsaturated/α-hetero) is 1. The van der Waals surface area contributed by atoms with Crippen LogP contribution in [0.1, 0.15) is 12.5 Å². The van der Waals surface area contributed by atoms with Gasteiger partial charge in [0, 0.05) is 6.42 Å². The van der Waals surface area contributed by atoms with Crippen LogP contribution in [0, 0.1) is 0 Å². The standard InChI is InChI=1S/C12H15NO3/c1-9(12(15)16)13-8-11(14)7-10-5-3-2-4-6-10/h2-6,9,13H,7-8H2,1H3,(H,15,16). The van der Waals surface area contributed by atoms with E-state index in [9.17, 15) is 9.59 Å². The van der Waals surface area contributed by atoms with Gasteiger partial charge in [0.1, 0.15) is 6.04 Å². The molecular formula is C12H15NO3. The Balaban J connectivity index is 2.35. The second kappa shape index (κ2) is 6.02. The summed E-state index contributed by atoms with van der Waals surface area (Å²) in [4.78, 5) is 22.0. The van der Waals surface area contributed by atoms with E-state index >= 15 is 0 Å². The summed E-state index contributed by atoms with van der Waals surface area (Å²) in [6, 6.07) is 8.68. The molecule has 1 aromatic rings. The molecule has 0 aliphatic heterocycles. The van der Waals surface area contributed by atoms with Crippen molar-refractivity contribution in [2.45, 2.75) is 19.4 Å². The van der Waals surface area contributed by atoms with Gasteiger partial charge in [0.25, 0.3) is 0 Å². The fourth-order valence-electron chi connectivity index (χ4n) is 1.24. The molecule has 0 heterocycles. The lowest BCUT2D eigenvalue weighted by molar-refractivity contribution is -0.139. The van der Waals surface area contributed by atoms with E-state index in [1.165, 1.54) is 6.92 Å². The van der Waals surface area contributed by atoms with Crippen molar-refractivity contribution in [2.24, 2.45) is 0 Å². The Kier molecular flexibility index (Phi) is 4.66. The van der Waals surface area contributed by atoms with Crippen molar-refractivity contribution in [1.82, 2.24) is 5.32 Å². The van der Waals surface area contributed by atoms with Crippen molar-refractivity contribution in [3.8, 4) is 0 Å². The fourth-order valence-corrected chi connectivity index (χ4v) is 1.24. The van der Waals surface area contributed by atoms with E-state index in [2.05, 4.69) is 5.32 Å². The summed E-state index contributed by atoms with van der Waals surface area (Å²) in [5.41, 5.74) is 0.942. The molecule has 0 saturated carbocycles. The van der Waals surface area contributed by atoms with Gasteiger partial charge in [0.2, 0.25) is 0 Å². The van der Waals surface area contributed by atoms with Crippen LogP contribution in [0.25, 0.3) is 0 Å². The molecule has 4 nitrogen and oxygen atoms in total. The summed E-state index contributed by atoms with van der Waals surface area (Å²) in [5.74, 6) is -0.966. The van der Waals surface area contributed by atoms with Gasteiger partial charge in [0.15, 0.2) is 5.78 Å². The zero-order valence-corrected chi connectivity index (χ0v) is 9.14. The minimum absolute atomic E-state index is 0.0145. The van der Waals surface area contributed by atoms with E-state index in [1.807, 2.05) is 30.3 Å². The number of carbonyl (C=O) groups is 2. The van der Waals surface area contributed by atoms with E-state index in [-0.39, 0.29) is 12.3 Å². The molecule has 16 heavy (non-hydrogen) atoms.